The Kier molecular flexibility index (Phi) is 7.24. The molecule has 1 heterocycles. The van der Waals surface area contributed by atoms with E-state index in [9.17, 15) is 19.7 Å². The molecule has 0 unspecified atom stereocenters. The van der Waals surface area contributed by atoms with E-state index in [1.54, 1.807) is 24.3 Å². The SMILES string of the molecule is CC/C(=C\c1ccc(O)cc1)CC[C@H]1OB(O)C[C@H]2C1=C(C(C)C)C[C@H]1C(=O)c3ccccc3C(=O)[C@H]12. The van der Waals surface area contributed by atoms with Crippen molar-refractivity contribution in [2.24, 2.45) is 23.7 Å². The fraction of sp³-hybridized carbons (Fsp3) is 0.419. The summed E-state index contributed by atoms with van der Waals surface area (Å²) in [7, 11) is -0.961. The van der Waals surface area contributed by atoms with Gasteiger partial charge in [0.2, 0.25) is 0 Å². The molecular formula is C31H35BO5. The van der Waals surface area contributed by atoms with Crippen molar-refractivity contribution in [3.63, 3.8) is 0 Å². The number of phenols is 1. The molecule has 2 N–H and O–H groups in total. The molecule has 2 aromatic carbocycles. The summed E-state index contributed by atoms with van der Waals surface area (Å²) >= 11 is 0. The van der Waals surface area contributed by atoms with Gasteiger partial charge in [-0.1, -0.05) is 74.4 Å². The molecule has 4 atom stereocenters. The highest BCUT2D eigenvalue weighted by atomic mass is 16.5. The molecule has 0 saturated carbocycles. The van der Waals surface area contributed by atoms with Gasteiger partial charge in [0.05, 0.1) is 6.10 Å². The molecular weight excluding hydrogens is 463 g/mol. The second kappa shape index (κ2) is 10.4. The first-order chi connectivity index (χ1) is 17.8. The van der Waals surface area contributed by atoms with Gasteiger partial charge in [-0.25, -0.2) is 0 Å². The number of phenolic OH excluding ortho intramolecular Hbond substituents is 1. The molecule has 5 nitrogen and oxygen atoms in total. The number of allylic oxidation sites excluding steroid dienone is 2. The highest BCUT2D eigenvalue weighted by molar-refractivity contribution is 6.43. The molecule has 1 fully saturated rings. The number of carbonyl (C=O) groups is 2. The molecule has 192 valence electrons. The van der Waals surface area contributed by atoms with Crippen LogP contribution in [0.3, 0.4) is 0 Å². The Hall–Kier alpha value is -2.96. The zero-order valence-corrected chi connectivity index (χ0v) is 21.8. The lowest BCUT2D eigenvalue weighted by Gasteiger charge is -2.48. The standard InChI is InChI=1S/C31H35BO5/c1-4-19(15-20-9-12-21(33)13-10-20)11-14-27-28-24(18(2)3)16-25-29(26(28)17-32(36)37-27)31(35)23-8-6-5-7-22(23)30(25)34/h5-10,12-13,15,18,25-27,29,33,36H,4,11,14,16-17H2,1-3H3/b19-15+/t25-,26+,27-,29-/m1/s1. The van der Waals surface area contributed by atoms with E-state index in [0.29, 0.717) is 30.3 Å². The molecule has 0 radical (unpaired) electrons. The Balaban J connectivity index is 1.47. The average molecular weight is 498 g/mol. The first-order valence-corrected chi connectivity index (χ1v) is 13.5. The summed E-state index contributed by atoms with van der Waals surface area (Å²) in [5.74, 6) is -0.467. The third-order valence-corrected chi connectivity index (χ3v) is 8.44. The molecule has 2 aliphatic carbocycles. The van der Waals surface area contributed by atoms with Crippen LogP contribution in [-0.2, 0) is 4.65 Å². The van der Waals surface area contributed by atoms with Gasteiger partial charge in [0.1, 0.15) is 5.75 Å². The maximum atomic E-state index is 13.8. The molecule has 1 saturated heterocycles. The van der Waals surface area contributed by atoms with Crippen LogP contribution in [0, 0.1) is 23.7 Å². The van der Waals surface area contributed by atoms with Gasteiger partial charge >= 0.3 is 7.12 Å². The van der Waals surface area contributed by atoms with Crippen molar-refractivity contribution in [1.29, 1.82) is 0 Å². The van der Waals surface area contributed by atoms with Gasteiger partial charge in [-0.2, -0.15) is 0 Å². The van der Waals surface area contributed by atoms with Gasteiger partial charge in [0.15, 0.2) is 11.6 Å². The number of benzene rings is 2. The number of rotatable bonds is 6. The van der Waals surface area contributed by atoms with Crippen molar-refractivity contribution >= 4 is 24.8 Å². The summed E-state index contributed by atoms with van der Waals surface area (Å²) in [6.45, 7) is 6.42. The van der Waals surface area contributed by atoms with E-state index in [0.717, 1.165) is 24.0 Å². The molecule has 1 aliphatic heterocycles. The van der Waals surface area contributed by atoms with Crippen LogP contribution in [0.25, 0.3) is 6.08 Å². The average Bonchev–Trinajstić information content (AvgIpc) is 2.89. The lowest BCUT2D eigenvalue weighted by molar-refractivity contribution is 0.0593. The summed E-state index contributed by atoms with van der Waals surface area (Å²) in [5, 5.41) is 20.4. The fourth-order valence-electron chi connectivity index (χ4n) is 6.63. The van der Waals surface area contributed by atoms with Crippen LogP contribution >= 0.6 is 0 Å². The van der Waals surface area contributed by atoms with Gasteiger partial charge in [-0.05, 0) is 67.1 Å². The molecule has 0 aromatic heterocycles. The van der Waals surface area contributed by atoms with Gasteiger partial charge in [0, 0.05) is 23.0 Å². The van der Waals surface area contributed by atoms with E-state index in [1.807, 2.05) is 24.3 Å². The highest BCUT2D eigenvalue weighted by Gasteiger charge is 2.53. The lowest BCUT2D eigenvalue weighted by Crippen LogP contribution is -2.51. The van der Waals surface area contributed by atoms with Crippen LogP contribution in [-0.4, -0.2) is 34.9 Å². The van der Waals surface area contributed by atoms with Gasteiger partial charge in [-0.15, -0.1) is 0 Å². The minimum atomic E-state index is -0.961. The minimum Gasteiger partial charge on any atom is -0.508 e. The van der Waals surface area contributed by atoms with Crippen molar-refractivity contribution in [1.82, 2.24) is 0 Å². The molecule has 3 aliphatic rings. The van der Waals surface area contributed by atoms with Crippen LogP contribution in [0.2, 0.25) is 6.32 Å². The number of fused-ring (bicyclic) bond motifs is 4. The normalized spacial score (nSPS) is 25.8. The molecule has 0 amide bonds. The third-order valence-electron chi connectivity index (χ3n) is 8.44. The smallest absolute Gasteiger partial charge is 0.455 e. The van der Waals surface area contributed by atoms with Crippen molar-refractivity contribution < 1.29 is 24.4 Å². The van der Waals surface area contributed by atoms with E-state index in [4.69, 9.17) is 4.65 Å². The second-order valence-corrected chi connectivity index (χ2v) is 11.0. The Morgan fingerprint density at radius 3 is 2.38 bits per heavy atom. The monoisotopic (exact) mass is 498 g/mol. The Morgan fingerprint density at radius 2 is 1.73 bits per heavy atom. The van der Waals surface area contributed by atoms with Gasteiger partial charge in [0.25, 0.3) is 0 Å². The maximum absolute atomic E-state index is 13.8. The first kappa shape index (κ1) is 25.7. The van der Waals surface area contributed by atoms with Gasteiger partial charge < -0.3 is 14.8 Å². The minimum absolute atomic E-state index is 0.0276. The topological polar surface area (TPSA) is 83.8 Å². The van der Waals surface area contributed by atoms with Crippen molar-refractivity contribution in [2.75, 3.05) is 0 Å². The number of hydrogen-bond donors (Lipinski definition) is 2. The molecule has 37 heavy (non-hydrogen) atoms. The van der Waals surface area contributed by atoms with E-state index in [1.165, 1.54) is 11.1 Å². The lowest BCUT2D eigenvalue weighted by atomic mass is 9.53. The number of ketones is 2. The summed E-state index contributed by atoms with van der Waals surface area (Å²) in [6, 6.07) is 14.3. The van der Waals surface area contributed by atoms with Crippen LogP contribution in [0.15, 0.2) is 65.3 Å². The van der Waals surface area contributed by atoms with Crippen molar-refractivity contribution in [3.8, 4) is 5.75 Å². The second-order valence-electron chi connectivity index (χ2n) is 11.0. The van der Waals surface area contributed by atoms with Crippen LogP contribution < -0.4 is 0 Å². The van der Waals surface area contributed by atoms with Gasteiger partial charge in [-0.3, -0.25) is 9.59 Å². The number of hydrogen-bond acceptors (Lipinski definition) is 5. The number of aromatic hydroxyl groups is 1. The largest absolute Gasteiger partial charge is 0.508 e. The highest BCUT2D eigenvalue weighted by Crippen LogP contribution is 2.52. The van der Waals surface area contributed by atoms with Crippen LogP contribution in [0.1, 0.15) is 72.7 Å². The molecule has 6 heteroatoms. The molecule has 5 rings (SSSR count). The summed E-state index contributed by atoms with van der Waals surface area (Å²) in [5.41, 5.74) is 5.69. The third kappa shape index (κ3) is 4.85. The maximum Gasteiger partial charge on any atom is 0.455 e. The Morgan fingerprint density at radius 1 is 1.05 bits per heavy atom. The predicted molar refractivity (Wildman–Crippen MR) is 145 cm³/mol. The van der Waals surface area contributed by atoms with E-state index in [-0.39, 0.29) is 41.2 Å². The molecule has 2 aromatic rings. The Labute approximate surface area is 219 Å². The number of carbonyl (C=O) groups excluding carboxylic acids is 2. The summed E-state index contributed by atoms with van der Waals surface area (Å²) in [6.07, 6.45) is 5.14. The van der Waals surface area contributed by atoms with Crippen LogP contribution in [0.5, 0.6) is 5.75 Å². The quantitative estimate of drug-likeness (QED) is 0.370. The molecule has 0 spiro atoms. The Bertz CT molecular complexity index is 1260. The zero-order chi connectivity index (χ0) is 26.3. The zero-order valence-electron chi connectivity index (χ0n) is 21.8. The fourth-order valence-corrected chi connectivity index (χ4v) is 6.63. The molecule has 0 bridgehead atoms. The summed E-state index contributed by atoms with van der Waals surface area (Å²) in [4.78, 5) is 27.3. The van der Waals surface area contributed by atoms with Crippen molar-refractivity contribution in [2.45, 2.75) is 58.9 Å². The summed E-state index contributed by atoms with van der Waals surface area (Å²) < 4.78 is 6.15. The van der Waals surface area contributed by atoms with Crippen LogP contribution in [0.4, 0.5) is 0 Å². The van der Waals surface area contributed by atoms with E-state index in [2.05, 4.69) is 26.8 Å². The predicted octanol–water partition coefficient (Wildman–Crippen LogP) is 6.13. The first-order valence-electron chi connectivity index (χ1n) is 13.5. The van der Waals surface area contributed by atoms with Crippen molar-refractivity contribution in [3.05, 3.63) is 81.9 Å². The number of Topliss-reactive ketones (excluding diaryl/α,β-unsaturated/α-hetero) is 2. The van der Waals surface area contributed by atoms with E-state index >= 15 is 0 Å². The van der Waals surface area contributed by atoms with E-state index < -0.39 is 13.0 Å².